The number of nitrogens with one attached hydrogen (secondary N) is 2. The van der Waals surface area contributed by atoms with E-state index in [4.69, 9.17) is 0 Å². The van der Waals surface area contributed by atoms with Gasteiger partial charge in [-0.3, -0.25) is 14.5 Å². The number of rotatable bonds is 5. The molecule has 1 aliphatic carbocycles. The quantitative estimate of drug-likeness (QED) is 0.715. The lowest BCUT2D eigenvalue weighted by molar-refractivity contribution is -0.140. The summed E-state index contributed by atoms with van der Waals surface area (Å²) in [5, 5.41) is 6.09. The van der Waals surface area contributed by atoms with Gasteiger partial charge in [0.1, 0.15) is 12.1 Å². The predicted molar refractivity (Wildman–Crippen MR) is 92.0 cm³/mol. The Morgan fingerprint density at radius 3 is 2.62 bits per heavy atom. The molecule has 4 amide bonds. The van der Waals surface area contributed by atoms with Gasteiger partial charge in [-0.05, 0) is 32.2 Å². The third-order valence-electron chi connectivity index (χ3n) is 5.26. The Bertz CT molecular complexity index is 502. The van der Waals surface area contributed by atoms with Gasteiger partial charge in [-0.1, -0.05) is 19.8 Å². The summed E-state index contributed by atoms with van der Waals surface area (Å²) in [4.78, 5) is 40.5. The topological polar surface area (TPSA) is 81.8 Å². The average molecular weight is 359 g/mol. The van der Waals surface area contributed by atoms with Crippen LogP contribution in [0, 0.1) is 0 Å². The molecule has 3 rings (SSSR count). The molecule has 136 valence electrons. The van der Waals surface area contributed by atoms with Crippen molar-refractivity contribution in [2.75, 3.05) is 26.2 Å². The molecule has 2 aliphatic heterocycles. The summed E-state index contributed by atoms with van der Waals surface area (Å²) >= 11 is 0. The Hall–Kier alpha value is -1.34. The second-order valence-electron chi connectivity index (χ2n) is 6.84. The molecule has 1 saturated carbocycles. The van der Waals surface area contributed by atoms with E-state index in [0.717, 1.165) is 43.7 Å². The summed E-state index contributed by atoms with van der Waals surface area (Å²) < 4.78 is 0. The fourth-order valence-electron chi connectivity index (χ4n) is 4.02. The zero-order valence-electron chi connectivity index (χ0n) is 14.2. The van der Waals surface area contributed by atoms with E-state index in [0.29, 0.717) is 19.4 Å². The number of hydrogen-bond donors (Lipinski definition) is 2. The van der Waals surface area contributed by atoms with Crippen LogP contribution in [0.2, 0.25) is 0 Å². The van der Waals surface area contributed by atoms with E-state index < -0.39 is 11.6 Å². The maximum absolute atomic E-state index is 12.7. The fraction of sp³-hybridized carbons (Fsp3) is 0.812. The molecule has 1 spiro atoms. The van der Waals surface area contributed by atoms with Crippen LogP contribution in [-0.2, 0) is 9.59 Å². The molecule has 0 radical (unpaired) electrons. The maximum atomic E-state index is 12.7. The van der Waals surface area contributed by atoms with Crippen LogP contribution in [0.4, 0.5) is 4.79 Å². The molecule has 0 aromatic carbocycles. The summed E-state index contributed by atoms with van der Waals surface area (Å²) in [6.45, 7) is 4.26. The lowest BCUT2D eigenvalue weighted by atomic mass is 9.98. The van der Waals surface area contributed by atoms with Gasteiger partial charge in [0.25, 0.3) is 5.91 Å². The van der Waals surface area contributed by atoms with Crippen molar-refractivity contribution in [3.05, 3.63) is 0 Å². The number of amides is 4. The summed E-state index contributed by atoms with van der Waals surface area (Å²) in [6.07, 6.45) is 5.07. The zero-order chi connectivity index (χ0) is 16.4. The molecule has 3 aliphatic rings. The van der Waals surface area contributed by atoms with E-state index in [-0.39, 0.29) is 36.8 Å². The molecule has 7 nitrogen and oxygen atoms in total. The number of imide groups is 1. The van der Waals surface area contributed by atoms with Crippen molar-refractivity contribution in [1.82, 2.24) is 20.4 Å². The predicted octanol–water partition coefficient (Wildman–Crippen LogP) is 0.873. The molecular formula is C16H27ClN4O3. The van der Waals surface area contributed by atoms with Gasteiger partial charge in [-0.25, -0.2) is 4.79 Å². The Kier molecular flexibility index (Phi) is 6.09. The van der Waals surface area contributed by atoms with Crippen molar-refractivity contribution >= 4 is 30.3 Å². The molecule has 2 N–H and O–H groups in total. The number of carbonyl (C=O) groups is 3. The van der Waals surface area contributed by atoms with Gasteiger partial charge in [-0.2, -0.15) is 0 Å². The lowest BCUT2D eigenvalue weighted by Gasteiger charge is -2.29. The molecule has 2 heterocycles. The van der Waals surface area contributed by atoms with E-state index in [1.807, 2.05) is 11.8 Å². The van der Waals surface area contributed by atoms with Crippen molar-refractivity contribution < 1.29 is 14.4 Å². The van der Waals surface area contributed by atoms with Gasteiger partial charge in [0, 0.05) is 19.1 Å². The highest BCUT2D eigenvalue weighted by molar-refractivity contribution is 6.09. The summed E-state index contributed by atoms with van der Waals surface area (Å²) in [6, 6.07) is -0.241. The summed E-state index contributed by atoms with van der Waals surface area (Å²) in [5.41, 5.74) is -0.734. The van der Waals surface area contributed by atoms with E-state index in [1.54, 1.807) is 0 Å². The van der Waals surface area contributed by atoms with Gasteiger partial charge in [0.15, 0.2) is 0 Å². The number of carbonyl (C=O) groups excluding carboxylic acids is 3. The van der Waals surface area contributed by atoms with Gasteiger partial charge in [0.2, 0.25) is 5.91 Å². The molecule has 24 heavy (non-hydrogen) atoms. The molecule has 0 aromatic heterocycles. The summed E-state index contributed by atoms with van der Waals surface area (Å²) in [7, 11) is 0. The van der Waals surface area contributed by atoms with E-state index in [9.17, 15) is 14.4 Å². The van der Waals surface area contributed by atoms with Crippen molar-refractivity contribution in [1.29, 1.82) is 0 Å². The normalized spacial score (nSPS) is 25.0. The number of urea groups is 1. The van der Waals surface area contributed by atoms with Crippen molar-refractivity contribution in [3.8, 4) is 0 Å². The zero-order valence-corrected chi connectivity index (χ0v) is 15.0. The van der Waals surface area contributed by atoms with Crippen LogP contribution in [0.5, 0.6) is 0 Å². The van der Waals surface area contributed by atoms with E-state index >= 15 is 0 Å². The SMILES string of the molecule is CCCN(C(=O)CN1C(=O)NC2(CCCC2)C1=O)C1CCNC1.Cl. The van der Waals surface area contributed by atoms with Crippen LogP contribution in [0.1, 0.15) is 45.4 Å². The first-order valence-corrected chi connectivity index (χ1v) is 8.72. The lowest BCUT2D eigenvalue weighted by Crippen LogP contribution is -2.49. The highest BCUT2D eigenvalue weighted by atomic mass is 35.5. The fourth-order valence-corrected chi connectivity index (χ4v) is 4.02. The first-order chi connectivity index (χ1) is 11.1. The Morgan fingerprint density at radius 1 is 1.33 bits per heavy atom. The van der Waals surface area contributed by atoms with Crippen LogP contribution >= 0.6 is 12.4 Å². The van der Waals surface area contributed by atoms with Gasteiger partial charge in [-0.15, -0.1) is 12.4 Å². The van der Waals surface area contributed by atoms with Crippen molar-refractivity contribution in [2.45, 2.75) is 57.0 Å². The Morgan fingerprint density at radius 2 is 2.04 bits per heavy atom. The molecule has 1 unspecified atom stereocenters. The minimum atomic E-state index is -0.734. The second-order valence-corrected chi connectivity index (χ2v) is 6.84. The number of halogens is 1. The Balaban J connectivity index is 0.00000208. The van der Waals surface area contributed by atoms with Crippen LogP contribution in [0.25, 0.3) is 0 Å². The smallest absolute Gasteiger partial charge is 0.325 e. The highest BCUT2D eigenvalue weighted by Crippen LogP contribution is 2.35. The highest BCUT2D eigenvalue weighted by Gasteiger charge is 2.53. The monoisotopic (exact) mass is 358 g/mol. The van der Waals surface area contributed by atoms with Crippen molar-refractivity contribution in [3.63, 3.8) is 0 Å². The first kappa shape index (κ1) is 19.0. The minimum Gasteiger partial charge on any atom is -0.337 e. The molecule has 2 saturated heterocycles. The molecule has 8 heteroatoms. The minimum absolute atomic E-state index is 0. The Labute approximate surface area is 148 Å². The maximum Gasteiger partial charge on any atom is 0.325 e. The van der Waals surface area contributed by atoms with Crippen LogP contribution in [0.15, 0.2) is 0 Å². The van der Waals surface area contributed by atoms with Crippen molar-refractivity contribution in [2.24, 2.45) is 0 Å². The average Bonchev–Trinajstić information content (AvgIpc) is 3.24. The third kappa shape index (κ3) is 3.37. The first-order valence-electron chi connectivity index (χ1n) is 8.72. The number of nitrogens with zero attached hydrogens (tertiary/aromatic N) is 2. The summed E-state index contributed by atoms with van der Waals surface area (Å²) in [5.74, 6) is -0.339. The largest absolute Gasteiger partial charge is 0.337 e. The standard InChI is InChI=1S/C16H26N4O3.ClH/c1-2-9-19(12-5-8-17-10-12)13(21)11-20-14(22)16(18-15(20)23)6-3-4-7-16;/h12,17H,2-11H2,1H3,(H,18,23);1H. The third-order valence-corrected chi connectivity index (χ3v) is 5.26. The van der Waals surface area contributed by atoms with Gasteiger partial charge >= 0.3 is 6.03 Å². The van der Waals surface area contributed by atoms with Crippen LogP contribution < -0.4 is 10.6 Å². The number of hydrogen-bond acceptors (Lipinski definition) is 4. The van der Waals surface area contributed by atoms with E-state index in [1.165, 1.54) is 0 Å². The molecule has 0 bridgehead atoms. The molecule has 3 fully saturated rings. The van der Waals surface area contributed by atoms with Crippen LogP contribution in [-0.4, -0.2) is 65.4 Å². The molecular weight excluding hydrogens is 332 g/mol. The van der Waals surface area contributed by atoms with Crippen LogP contribution in [0.3, 0.4) is 0 Å². The van der Waals surface area contributed by atoms with E-state index in [2.05, 4.69) is 10.6 Å². The second kappa shape index (κ2) is 7.70. The van der Waals surface area contributed by atoms with Gasteiger partial charge in [0.05, 0.1) is 0 Å². The van der Waals surface area contributed by atoms with Gasteiger partial charge < -0.3 is 15.5 Å². The molecule has 1 atom stereocenters. The molecule has 0 aromatic rings.